The number of rotatable bonds is 6. The highest BCUT2D eigenvalue weighted by atomic mass is 35.5. The number of hydrogen-bond donors (Lipinski definition) is 2. The molecule has 0 spiro atoms. The number of carbonyl (C=O) groups excluding carboxylic acids is 1. The van der Waals surface area contributed by atoms with Crippen LogP contribution in [0, 0.1) is 10.1 Å². The van der Waals surface area contributed by atoms with E-state index >= 15 is 0 Å². The maximum absolute atomic E-state index is 12.0. The van der Waals surface area contributed by atoms with Crippen LogP contribution >= 0.6 is 11.6 Å². The zero-order valence-corrected chi connectivity index (χ0v) is 14.4. The fraction of sp³-hybridized carbons (Fsp3) is 0.111. The zero-order chi connectivity index (χ0) is 18.5. The second-order valence-corrected chi connectivity index (χ2v) is 5.94. The standard InChI is InChI=1S/C18H15ClN4O3/c19-13-3-1-12(2-4-13)18(24)22-10-9-21-16-5-6-17(23(25)26)15-11-20-8-7-14(15)16/h1-8,11,21H,9-10H2,(H,22,24). The van der Waals surface area contributed by atoms with Crippen LogP contribution in [0.2, 0.25) is 5.02 Å². The first-order chi connectivity index (χ1) is 12.6. The summed E-state index contributed by atoms with van der Waals surface area (Å²) in [5.74, 6) is -0.193. The summed E-state index contributed by atoms with van der Waals surface area (Å²) in [6.45, 7) is 0.861. The maximum atomic E-state index is 12.0. The Morgan fingerprint density at radius 3 is 2.58 bits per heavy atom. The van der Waals surface area contributed by atoms with Crippen molar-refractivity contribution in [2.75, 3.05) is 18.4 Å². The fourth-order valence-corrected chi connectivity index (χ4v) is 2.69. The highest BCUT2D eigenvalue weighted by Gasteiger charge is 2.14. The number of fused-ring (bicyclic) bond motifs is 1. The maximum Gasteiger partial charge on any atom is 0.278 e. The molecule has 1 aromatic heterocycles. The van der Waals surface area contributed by atoms with Crippen molar-refractivity contribution in [1.29, 1.82) is 0 Å². The van der Waals surface area contributed by atoms with Crippen molar-refractivity contribution >= 4 is 39.7 Å². The highest BCUT2D eigenvalue weighted by molar-refractivity contribution is 6.30. The van der Waals surface area contributed by atoms with E-state index in [2.05, 4.69) is 15.6 Å². The molecule has 0 radical (unpaired) electrons. The highest BCUT2D eigenvalue weighted by Crippen LogP contribution is 2.30. The van der Waals surface area contributed by atoms with Gasteiger partial charge in [-0.05, 0) is 36.4 Å². The first-order valence-corrected chi connectivity index (χ1v) is 8.23. The molecule has 0 saturated heterocycles. The van der Waals surface area contributed by atoms with Crippen LogP contribution in [0.15, 0.2) is 54.9 Å². The van der Waals surface area contributed by atoms with Gasteiger partial charge in [-0.25, -0.2) is 0 Å². The number of amides is 1. The van der Waals surface area contributed by atoms with E-state index in [9.17, 15) is 14.9 Å². The smallest absolute Gasteiger partial charge is 0.278 e. The summed E-state index contributed by atoms with van der Waals surface area (Å²) in [7, 11) is 0. The molecule has 2 N–H and O–H groups in total. The molecule has 0 atom stereocenters. The molecular weight excluding hydrogens is 356 g/mol. The number of nitrogens with zero attached hydrogens (tertiary/aromatic N) is 2. The van der Waals surface area contributed by atoms with Crippen LogP contribution in [0.3, 0.4) is 0 Å². The van der Waals surface area contributed by atoms with E-state index in [0.717, 1.165) is 5.69 Å². The Morgan fingerprint density at radius 1 is 1.08 bits per heavy atom. The van der Waals surface area contributed by atoms with Crippen molar-refractivity contribution in [1.82, 2.24) is 10.3 Å². The molecule has 2 aromatic carbocycles. The van der Waals surface area contributed by atoms with Crippen molar-refractivity contribution in [3.63, 3.8) is 0 Å². The van der Waals surface area contributed by atoms with E-state index in [-0.39, 0.29) is 11.6 Å². The average molecular weight is 371 g/mol. The number of nitro groups is 1. The average Bonchev–Trinajstić information content (AvgIpc) is 2.65. The van der Waals surface area contributed by atoms with Crippen LogP contribution in [-0.2, 0) is 0 Å². The molecule has 26 heavy (non-hydrogen) atoms. The van der Waals surface area contributed by atoms with Crippen molar-refractivity contribution in [2.45, 2.75) is 0 Å². The van der Waals surface area contributed by atoms with Crippen molar-refractivity contribution in [3.8, 4) is 0 Å². The largest absolute Gasteiger partial charge is 0.383 e. The van der Waals surface area contributed by atoms with E-state index in [1.54, 1.807) is 42.6 Å². The van der Waals surface area contributed by atoms with Gasteiger partial charge in [0.25, 0.3) is 11.6 Å². The summed E-state index contributed by atoms with van der Waals surface area (Å²) in [5.41, 5.74) is 1.28. The van der Waals surface area contributed by atoms with Gasteiger partial charge in [0.05, 0.1) is 10.3 Å². The lowest BCUT2D eigenvalue weighted by Crippen LogP contribution is -2.28. The van der Waals surface area contributed by atoms with Crippen LogP contribution in [-0.4, -0.2) is 28.9 Å². The number of hydrogen-bond acceptors (Lipinski definition) is 5. The predicted octanol–water partition coefficient (Wildman–Crippen LogP) is 3.64. The Labute approximate surface area is 154 Å². The third kappa shape index (κ3) is 3.89. The molecule has 3 aromatic rings. The first kappa shape index (κ1) is 17.6. The molecule has 3 rings (SSSR count). The topological polar surface area (TPSA) is 97.2 Å². The van der Waals surface area contributed by atoms with Crippen LogP contribution in [0.5, 0.6) is 0 Å². The summed E-state index contributed by atoms with van der Waals surface area (Å²) in [6, 6.07) is 11.4. The van der Waals surface area contributed by atoms with Gasteiger partial charge in [0.15, 0.2) is 0 Å². The van der Waals surface area contributed by atoms with Gasteiger partial charge in [-0.15, -0.1) is 0 Å². The minimum absolute atomic E-state index is 0.00897. The van der Waals surface area contributed by atoms with Crippen molar-refractivity contribution < 1.29 is 9.72 Å². The van der Waals surface area contributed by atoms with Gasteiger partial charge >= 0.3 is 0 Å². The first-order valence-electron chi connectivity index (χ1n) is 7.85. The van der Waals surface area contributed by atoms with E-state index in [0.29, 0.717) is 34.4 Å². The van der Waals surface area contributed by atoms with Crippen molar-refractivity contribution in [2.24, 2.45) is 0 Å². The molecule has 8 heteroatoms. The van der Waals surface area contributed by atoms with Crippen LogP contribution in [0.1, 0.15) is 10.4 Å². The predicted molar refractivity (Wildman–Crippen MR) is 101 cm³/mol. The SMILES string of the molecule is O=C(NCCNc1ccc([N+](=O)[O-])c2cnccc12)c1ccc(Cl)cc1. The molecule has 0 aliphatic rings. The molecule has 0 bridgehead atoms. The third-order valence-corrected chi connectivity index (χ3v) is 4.08. The lowest BCUT2D eigenvalue weighted by molar-refractivity contribution is -0.383. The van der Waals surface area contributed by atoms with Crippen molar-refractivity contribution in [3.05, 3.63) is 75.6 Å². The molecule has 7 nitrogen and oxygen atoms in total. The summed E-state index contributed by atoms with van der Waals surface area (Å²) < 4.78 is 0. The summed E-state index contributed by atoms with van der Waals surface area (Å²) in [6.07, 6.45) is 3.06. The summed E-state index contributed by atoms with van der Waals surface area (Å²) in [4.78, 5) is 26.7. The number of nitrogens with one attached hydrogen (secondary N) is 2. The van der Waals surface area contributed by atoms with Gasteiger partial charge in [-0.3, -0.25) is 19.9 Å². The van der Waals surface area contributed by atoms with E-state index in [1.165, 1.54) is 12.3 Å². The minimum Gasteiger partial charge on any atom is -0.383 e. The molecule has 0 aliphatic carbocycles. The summed E-state index contributed by atoms with van der Waals surface area (Å²) in [5, 5.41) is 18.8. The molecule has 132 valence electrons. The van der Waals surface area contributed by atoms with Crippen LogP contribution in [0.25, 0.3) is 10.8 Å². The van der Waals surface area contributed by atoms with Gasteiger partial charge in [-0.1, -0.05) is 11.6 Å². The summed E-state index contributed by atoms with van der Waals surface area (Å²) >= 11 is 5.80. The fourth-order valence-electron chi connectivity index (χ4n) is 2.57. The molecule has 0 aliphatic heterocycles. The number of anilines is 1. The molecular formula is C18H15ClN4O3. The number of aromatic nitrogens is 1. The lowest BCUT2D eigenvalue weighted by atomic mass is 10.1. The zero-order valence-electron chi connectivity index (χ0n) is 13.6. The second kappa shape index (κ2) is 7.79. The van der Waals surface area contributed by atoms with Gasteiger partial charge in [-0.2, -0.15) is 0 Å². The Hall–Kier alpha value is -3.19. The number of non-ortho nitro benzene ring substituents is 1. The number of halogens is 1. The molecule has 1 heterocycles. The second-order valence-electron chi connectivity index (χ2n) is 5.50. The Balaban J connectivity index is 1.63. The number of carbonyl (C=O) groups is 1. The number of benzene rings is 2. The number of pyridine rings is 1. The third-order valence-electron chi connectivity index (χ3n) is 3.82. The minimum atomic E-state index is -0.430. The van der Waals surface area contributed by atoms with Gasteiger partial charge in [0.2, 0.25) is 0 Å². The normalized spacial score (nSPS) is 10.5. The van der Waals surface area contributed by atoms with Crippen LogP contribution in [0.4, 0.5) is 11.4 Å². The molecule has 1 amide bonds. The number of nitro benzene ring substituents is 1. The quantitative estimate of drug-likeness (QED) is 0.392. The van der Waals surface area contributed by atoms with E-state index < -0.39 is 4.92 Å². The van der Waals surface area contributed by atoms with Gasteiger partial charge < -0.3 is 10.6 Å². The molecule has 0 unspecified atom stereocenters. The van der Waals surface area contributed by atoms with Gasteiger partial charge in [0.1, 0.15) is 0 Å². The van der Waals surface area contributed by atoms with E-state index in [1.807, 2.05) is 0 Å². The molecule has 0 saturated carbocycles. The molecule has 0 fully saturated rings. The van der Waals surface area contributed by atoms with Gasteiger partial charge in [0, 0.05) is 53.2 Å². The monoisotopic (exact) mass is 370 g/mol. The Bertz CT molecular complexity index is 960. The van der Waals surface area contributed by atoms with Crippen LogP contribution < -0.4 is 10.6 Å². The Morgan fingerprint density at radius 2 is 1.85 bits per heavy atom. The van der Waals surface area contributed by atoms with E-state index in [4.69, 9.17) is 11.6 Å². The Kier molecular flexibility index (Phi) is 5.28. The lowest BCUT2D eigenvalue weighted by Gasteiger charge is -2.11.